The molecule has 0 spiro atoms. The van der Waals surface area contributed by atoms with E-state index in [4.69, 9.17) is 5.14 Å². The van der Waals surface area contributed by atoms with Crippen LogP contribution in [0.4, 0.5) is 11.4 Å². The molecule has 8 nitrogen and oxygen atoms in total. The van der Waals surface area contributed by atoms with E-state index < -0.39 is 14.9 Å². The van der Waals surface area contributed by atoms with Crippen molar-refractivity contribution in [1.29, 1.82) is 0 Å². The lowest BCUT2D eigenvalue weighted by Gasteiger charge is -2.31. The summed E-state index contributed by atoms with van der Waals surface area (Å²) in [5, 5.41) is 28.6. The maximum atomic E-state index is 11.3. The molecular formula is C13H19N3O5S. The molecule has 0 aromatic heterocycles. The average molecular weight is 329 g/mol. The molecule has 1 aliphatic rings. The number of nitrogens with two attached hydrogens (primary N) is 1. The van der Waals surface area contributed by atoms with Gasteiger partial charge in [0.15, 0.2) is 0 Å². The van der Waals surface area contributed by atoms with E-state index in [0.717, 1.165) is 31.7 Å². The molecule has 1 aromatic carbocycles. The molecule has 2 atom stereocenters. The highest BCUT2D eigenvalue weighted by molar-refractivity contribution is 7.89. The van der Waals surface area contributed by atoms with Crippen molar-refractivity contribution in [3.05, 3.63) is 28.3 Å². The number of aliphatic hydroxyl groups is 1. The Labute approximate surface area is 128 Å². The zero-order valence-corrected chi connectivity index (χ0v) is 12.8. The van der Waals surface area contributed by atoms with Gasteiger partial charge >= 0.3 is 0 Å². The zero-order valence-electron chi connectivity index (χ0n) is 11.9. The van der Waals surface area contributed by atoms with Crippen molar-refractivity contribution >= 4 is 21.4 Å². The maximum absolute atomic E-state index is 11.3. The second-order valence-electron chi connectivity index (χ2n) is 5.46. The van der Waals surface area contributed by atoms with E-state index in [0.29, 0.717) is 0 Å². The lowest BCUT2D eigenvalue weighted by atomic mass is 9.85. The van der Waals surface area contributed by atoms with E-state index in [9.17, 15) is 23.6 Å². The Morgan fingerprint density at radius 1 is 1.36 bits per heavy atom. The third-order valence-corrected chi connectivity index (χ3v) is 4.89. The summed E-state index contributed by atoms with van der Waals surface area (Å²) in [6, 6.07) is 3.47. The summed E-state index contributed by atoms with van der Waals surface area (Å²) in [7, 11) is -4.00. The zero-order chi connectivity index (χ0) is 16.3. The van der Waals surface area contributed by atoms with Gasteiger partial charge in [-0.2, -0.15) is 0 Å². The minimum absolute atomic E-state index is 0.0146. The van der Waals surface area contributed by atoms with Crippen LogP contribution < -0.4 is 10.5 Å². The highest BCUT2D eigenvalue weighted by atomic mass is 32.2. The van der Waals surface area contributed by atoms with Crippen LogP contribution in [0, 0.1) is 16.0 Å². The van der Waals surface area contributed by atoms with Crippen molar-refractivity contribution in [1.82, 2.24) is 0 Å². The number of nitrogens with zero attached hydrogens (tertiary/aromatic N) is 1. The fraction of sp³-hybridized carbons (Fsp3) is 0.538. The third-order valence-electron chi connectivity index (χ3n) is 3.98. The summed E-state index contributed by atoms with van der Waals surface area (Å²) < 4.78 is 22.6. The lowest BCUT2D eigenvalue weighted by Crippen LogP contribution is -2.34. The molecule has 1 aliphatic carbocycles. The van der Waals surface area contributed by atoms with Gasteiger partial charge in [-0.1, -0.05) is 12.8 Å². The largest absolute Gasteiger partial charge is 0.396 e. The first-order valence-corrected chi connectivity index (χ1v) is 8.56. The molecule has 4 N–H and O–H groups in total. The number of sulfonamides is 1. The molecule has 122 valence electrons. The van der Waals surface area contributed by atoms with Crippen LogP contribution in [0.2, 0.25) is 0 Å². The van der Waals surface area contributed by atoms with Crippen molar-refractivity contribution in [2.24, 2.45) is 11.1 Å². The van der Waals surface area contributed by atoms with Gasteiger partial charge in [0.05, 0.1) is 9.82 Å². The number of primary sulfonamides is 1. The predicted octanol–water partition coefficient (Wildman–Crippen LogP) is 1.21. The van der Waals surface area contributed by atoms with Crippen molar-refractivity contribution in [3.63, 3.8) is 0 Å². The van der Waals surface area contributed by atoms with Gasteiger partial charge in [0.1, 0.15) is 5.69 Å². The van der Waals surface area contributed by atoms with E-state index in [-0.39, 0.29) is 34.8 Å². The number of rotatable bonds is 5. The van der Waals surface area contributed by atoms with Crippen molar-refractivity contribution in [2.45, 2.75) is 36.6 Å². The van der Waals surface area contributed by atoms with Crippen molar-refractivity contribution < 1.29 is 18.4 Å². The standard InChI is InChI=1S/C13H19N3O5S/c14-22(20,21)10-5-6-12(13(7-10)16(18)19)15-11-4-2-1-3-9(11)8-17/h5-7,9,11,15,17H,1-4,8H2,(H2,14,20,21). The van der Waals surface area contributed by atoms with Crippen LogP contribution in [-0.4, -0.2) is 31.1 Å². The number of nitro benzene ring substituents is 1. The monoisotopic (exact) mass is 329 g/mol. The number of aliphatic hydroxyl groups excluding tert-OH is 1. The second kappa shape index (κ2) is 6.59. The summed E-state index contributed by atoms with van der Waals surface area (Å²) in [5.41, 5.74) is -0.100. The Hall–Kier alpha value is -1.71. The van der Waals surface area contributed by atoms with E-state index in [1.54, 1.807) is 0 Å². The SMILES string of the molecule is NS(=O)(=O)c1ccc(NC2CCCCC2CO)c([N+](=O)[O-])c1. The van der Waals surface area contributed by atoms with E-state index in [1.165, 1.54) is 12.1 Å². The van der Waals surface area contributed by atoms with Gasteiger partial charge < -0.3 is 10.4 Å². The van der Waals surface area contributed by atoms with Crippen LogP contribution in [0.3, 0.4) is 0 Å². The lowest BCUT2D eigenvalue weighted by molar-refractivity contribution is -0.384. The molecule has 0 heterocycles. The number of anilines is 1. The molecule has 0 bridgehead atoms. The molecule has 1 saturated carbocycles. The molecule has 1 fully saturated rings. The summed E-state index contributed by atoms with van der Waals surface area (Å²) in [4.78, 5) is 10.2. The fourth-order valence-corrected chi connectivity index (χ4v) is 3.31. The van der Waals surface area contributed by atoms with Crippen molar-refractivity contribution in [2.75, 3.05) is 11.9 Å². The quantitative estimate of drug-likeness (QED) is 0.548. The maximum Gasteiger partial charge on any atom is 0.293 e. The van der Waals surface area contributed by atoms with Gasteiger partial charge in [-0.3, -0.25) is 10.1 Å². The van der Waals surface area contributed by atoms with E-state index in [2.05, 4.69) is 5.32 Å². The number of nitrogens with one attached hydrogen (secondary N) is 1. The molecule has 1 aromatic rings. The topological polar surface area (TPSA) is 136 Å². The minimum atomic E-state index is -4.00. The number of hydrogen-bond acceptors (Lipinski definition) is 6. The van der Waals surface area contributed by atoms with Gasteiger partial charge in [0.25, 0.3) is 5.69 Å². The highest BCUT2D eigenvalue weighted by Gasteiger charge is 2.27. The Bertz CT molecular complexity index is 662. The first-order valence-electron chi connectivity index (χ1n) is 7.01. The summed E-state index contributed by atoms with van der Waals surface area (Å²) in [6.45, 7) is 0.0146. The van der Waals surface area contributed by atoms with Gasteiger partial charge in [-0.05, 0) is 25.0 Å². The number of hydrogen-bond donors (Lipinski definition) is 3. The van der Waals surface area contributed by atoms with Crippen LogP contribution >= 0.6 is 0 Å². The molecule has 0 radical (unpaired) electrons. The second-order valence-corrected chi connectivity index (χ2v) is 7.02. The van der Waals surface area contributed by atoms with Gasteiger partial charge in [0, 0.05) is 24.6 Å². The minimum Gasteiger partial charge on any atom is -0.396 e. The molecule has 0 saturated heterocycles. The molecular weight excluding hydrogens is 310 g/mol. The molecule has 0 amide bonds. The highest BCUT2D eigenvalue weighted by Crippen LogP contribution is 2.32. The van der Waals surface area contributed by atoms with Crippen LogP contribution in [0.1, 0.15) is 25.7 Å². The predicted molar refractivity (Wildman–Crippen MR) is 80.9 cm³/mol. The summed E-state index contributed by atoms with van der Waals surface area (Å²) in [6.07, 6.45) is 3.67. The smallest absolute Gasteiger partial charge is 0.293 e. The summed E-state index contributed by atoms with van der Waals surface area (Å²) >= 11 is 0. The van der Waals surface area contributed by atoms with E-state index >= 15 is 0 Å². The Balaban J connectivity index is 2.32. The van der Waals surface area contributed by atoms with Crippen LogP contribution in [0.25, 0.3) is 0 Å². The fourth-order valence-electron chi connectivity index (χ4n) is 2.78. The molecule has 2 rings (SSSR count). The first-order chi connectivity index (χ1) is 10.3. The third kappa shape index (κ3) is 3.73. The summed E-state index contributed by atoms with van der Waals surface area (Å²) in [5.74, 6) is 0.0336. The van der Waals surface area contributed by atoms with Crippen LogP contribution in [0.15, 0.2) is 23.1 Å². The molecule has 2 unspecified atom stereocenters. The molecule has 0 aliphatic heterocycles. The normalized spacial score (nSPS) is 22.3. The van der Waals surface area contributed by atoms with E-state index in [1.807, 2.05) is 0 Å². The number of benzene rings is 1. The first kappa shape index (κ1) is 16.7. The van der Waals surface area contributed by atoms with Crippen LogP contribution in [-0.2, 0) is 10.0 Å². The Kier molecular flexibility index (Phi) is 4.99. The number of nitro groups is 1. The molecule has 22 heavy (non-hydrogen) atoms. The van der Waals surface area contributed by atoms with Gasteiger partial charge in [-0.15, -0.1) is 0 Å². The van der Waals surface area contributed by atoms with Crippen molar-refractivity contribution in [3.8, 4) is 0 Å². The van der Waals surface area contributed by atoms with Gasteiger partial charge in [0.2, 0.25) is 10.0 Å². The van der Waals surface area contributed by atoms with Crippen LogP contribution in [0.5, 0.6) is 0 Å². The molecule has 9 heteroatoms. The Morgan fingerprint density at radius 2 is 2.05 bits per heavy atom. The van der Waals surface area contributed by atoms with Gasteiger partial charge in [-0.25, -0.2) is 13.6 Å². The Morgan fingerprint density at radius 3 is 2.64 bits per heavy atom. The average Bonchev–Trinajstić information content (AvgIpc) is 2.46.